The molecule has 160 valence electrons. The average molecular weight is 416 g/mol. The number of benzene rings is 2. The number of nitrogens with zero attached hydrogens (tertiary/aromatic N) is 2. The number of amides is 1. The van der Waals surface area contributed by atoms with Crippen molar-refractivity contribution in [3.63, 3.8) is 0 Å². The molecule has 1 amide bonds. The maximum absolute atomic E-state index is 13.3. The maximum atomic E-state index is 13.3. The topological polar surface area (TPSA) is 54.5 Å². The summed E-state index contributed by atoms with van der Waals surface area (Å²) < 4.78 is 5.68. The van der Waals surface area contributed by atoms with Crippen LogP contribution in [0.25, 0.3) is 11.1 Å². The number of carbonyl (C=O) groups is 1. The molecular formula is C26H29N3O2. The summed E-state index contributed by atoms with van der Waals surface area (Å²) in [5.41, 5.74) is 4.29. The van der Waals surface area contributed by atoms with Crippen molar-refractivity contribution in [2.24, 2.45) is 0 Å². The van der Waals surface area contributed by atoms with Crippen LogP contribution in [0.5, 0.6) is 5.75 Å². The minimum Gasteiger partial charge on any atom is -0.496 e. The molecule has 1 saturated heterocycles. The number of hydrogen-bond donors (Lipinski definition) is 1. The van der Waals surface area contributed by atoms with Crippen LogP contribution >= 0.6 is 0 Å². The minimum absolute atomic E-state index is 0.0127. The second-order valence-electron chi connectivity index (χ2n) is 8.02. The molecule has 2 aromatic carbocycles. The normalized spacial score (nSPS) is 18.7. The van der Waals surface area contributed by atoms with Gasteiger partial charge in [-0.2, -0.15) is 0 Å². The third-order valence-corrected chi connectivity index (χ3v) is 6.17. The maximum Gasteiger partial charge on any atom is 0.246 e. The van der Waals surface area contributed by atoms with Gasteiger partial charge in [0.25, 0.3) is 0 Å². The van der Waals surface area contributed by atoms with Gasteiger partial charge < -0.3 is 10.1 Å². The number of carbonyl (C=O) groups excluding carboxylic acids is 1. The molecule has 31 heavy (non-hydrogen) atoms. The van der Waals surface area contributed by atoms with Crippen LogP contribution in [0.1, 0.15) is 29.8 Å². The van der Waals surface area contributed by atoms with Crippen molar-refractivity contribution in [2.75, 3.05) is 20.7 Å². The van der Waals surface area contributed by atoms with Crippen molar-refractivity contribution in [3.05, 3.63) is 83.7 Å². The Balaban J connectivity index is 1.76. The van der Waals surface area contributed by atoms with Gasteiger partial charge in [-0.05, 0) is 61.7 Å². The predicted molar refractivity (Wildman–Crippen MR) is 123 cm³/mol. The Morgan fingerprint density at radius 2 is 1.90 bits per heavy atom. The number of ether oxygens (including phenoxy) is 1. The summed E-state index contributed by atoms with van der Waals surface area (Å²) in [5, 5.41) is 2.90. The number of methoxy groups -OCH3 is 1. The van der Waals surface area contributed by atoms with Gasteiger partial charge in [0.1, 0.15) is 11.3 Å². The van der Waals surface area contributed by atoms with Crippen molar-refractivity contribution in [2.45, 2.75) is 31.8 Å². The zero-order chi connectivity index (χ0) is 21.8. The van der Waals surface area contributed by atoms with Crippen LogP contribution in [0.2, 0.25) is 0 Å². The van der Waals surface area contributed by atoms with Gasteiger partial charge in [0, 0.05) is 24.8 Å². The first-order valence-corrected chi connectivity index (χ1v) is 10.7. The number of nitrogens with one attached hydrogen (secondary N) is 1. The average Bonchev–Trinajstić information content (AvgIpc) is 3.23. The monoisotopic (exact) mass is 415 g/mol. The van der Waals surface area contributed by atoms with E-state index < -0.39 is 5.54 Å². The molecule has 0 aliphatic carbocycles. The number of pyridine rings is 1. The molecule has 2 heterocycles. The summed E-state index contributed by atoms with van der Waals surface area (Å²) in [7, 11) is 3.39. The molecule has 1 fully saturated rings. The van der Waals surface area contributed by atoms with Gasteiger partial charge in [0.15, 0.2) is 0 Å². The number of rotatable bonds is 6. The lowest BCUT2D eigenvalue weighted by Crippen LogP contribution is -2.52. The first-order chi connectivity index (χ1) is 15.1. The first kappa shape index (κ1) is 21.1. The lowest BCUT2D eigenvalue weighted by atomic mass is 9.89. The van der Waals surface area contributed by atoms with Gasteiger partial charge >= 0.3 is 0 Å². The van der Waals surface area contributed by atoms with Crippen molar-refractivity contribution < 1.29 is 9.53 Å². The minimum atomic E-state index is -0.783. The SMILES string of the molecule is CNC(=O)[C@]1(c2cccc(C)n2)CCCN1Cc1cc(-c2ccccc2)ccc1OC. The fourth-order valence-electron chi connectivity index (χ4n) is 4.65. The number of aromatic nitrogens is 1. The van der Waals surface area contributed by atoms with Crippen LogP contribution in [0.4, 0.5) is 0 Å². The van der Waals surface area contributed by atoms with Crippen LogP contribution in [0.3, 0.4) is 0 Å². The van der Waals surface area contributed by atoms with Crippen molar-refractivity contribution in [1.29, 1.82) is 0 Å². The van der Waals surface area contributed by atoms with Crippen molar-refractivity contribution in [1.82, 2.24) is 15.2 Å². The number of hydrogen-bond acceptors (Lipinski definition) is 4. The Labute approximate surface area is 184 Å². The van der Waals surface area contributed by atoms with Gasteiger partial charge in [0.05, 0.1) is 12.8 Å². The molecule has 5 nitrogen and oxygen atoms in total. The molecule has 5 heteroatoms. The Hall–Kier alpha value is -3.18. The molecule has 1 N–H and O–H groups in total. The van der Waals surface area contributed by atoms with E-state index >= 15 is 0 Å². The van der Waals surface area contributed by atoms with E-state index in [0.29, 0.717) is 6.54 Å². The molecule has 1 aromatic heterocycles. The van der Waals surface area contributed by atoms with E-state index in [9.17, 15) is 4.79 Å². The third-order valence-electron chi connectivity index (χ3n) is 6.17. The largest absolute Gasteiger partial charge is 0.496 e. The summed E-state index contributed by atoms with van der Waals surface area (Å²) in [6, 6.07) is 22.5. The highest BCUT2D eigenvalue weighted by Crippen LogP contribution is 2.41. The van der Waals surface area contributed by atoms with E-state index in [4.69, 9.17) is 9.72 Å². The smallest absolute Gasteiger partial charge is 0.246 e. The zero-order valence-corrected chi connectivity index (χ0v) is 18.4. The molecule has 4 rings (SSSR count). The lowest BCUT2D eigenvalue weighted by Gasteiger charge is -2.37. The number of likely N-dealkylation sites (N-methyl/N-ethyl adjacent to an activating group) is 1. The van der Waals surface area contributed by atoms with Crippen LogP contribution in [0, 0.1) is 6.92 Å². The van der Waals surface area contributed by atoms with Crippen LogP contribution in [-0.4, -0.2) is 36.5 Å². The summed E-state index contributed by atoms with van der Waals surface area (Å²) >= 11 is 0. The molecule has 0 radical (unpaired) electrons. The molecule has 0 bridgehead atoms. The van der Waals surface area contributed by atoms with E-state index in [0.717, 1.165) is 53.2 Å². The number of likely N-dealkylation sites (tertiary alicyclic amines) is 1. The van der Waals surface area contributed by atoms with E-state index in [2.05, 4.69) is 34.5 Å². The molecule has 1 atom stereocenters. The Morgan fingerprint density at radius 1 is 1.10 bits per heavy atom. The highest BCUT2D eigenvalue weighted by atomic mass is 16.5. The fraction of sp³-hybridized carbons (Fsp3) is 0.308. The highest BCUT2D eigenvalue weighted by molar-refractivity contribution is 5.87. The second kappa shape index (κ2) is 8.90. The van der Waals surface area contributed by atoms with Crippen LogP contribution < -0.4 is 10.1 Å². The molecular weight excluding hydrogens is 386 g/mol. The van der Waals surface area contributed by atoms with E-state index in [1.54, 1.807) is 14.2 Å². The molecule has 0 saturated carbocycles. The first-order valence-electron chi connectivity index (χ1n) is 10.7. The lowest BCUT2D eigenvalue weighted by molar-refractivity contribution is -0.132. The van der Waals surface area contributed by atoms with Gasteiger partial charge in [-0.15, -0.1) is 0 Å². The summed E-state index contributed by atoms with van der Waals surface area (Å²) in [6.07, 6.45) is 1.67. The fourth-order valence-corrected chi connectivity index (χ4v) is 4.65. The molecule has 1 aliphatic heterocycles. The Bertz CT molecular complexity index is 1070. The van der Waals surface area contributed by atoms with Crippen LogP contribution in [-0.2, 0) is 16.9 Å². The van der Waals surface area contributed by atoms with E-state index in [1.807, 2.05) is 49.4 Å². The predicted octanol–water partition coefficient (Wildman–Crippen LogP) is 4.30. The second-order valence-corrected chi connectivity index (χ2v) is 8.02. The van der Waals surface area contributed by atoms with E-state index in [-0.39, 0.29) is 5.91 Å². The summed E-state index contributed by atoms with van der Waals surface area (Å²) in [5.74, 6) is 0.816. The van der Waals surface area contributed by atoms with Crippen molar-refractivity contribution >= 4 is 5.91 Å². The zero-order valence-electron chi connectivity index (χ0n) is 18.4. The van der Waals surface area contributed by atoms with Gasteiger partial charge in [-0.25, -0.2) is 0 Å². The third kappa shape index (κ3) is 3.93. The van der Waals surface area contributed by atoms with E-state index in [1.165, 1.54) is 0 Å². The molecule has 0 unspecified atom stereocenters. The van der Waals surface area contributed by atoms with Crippen molar-refractivity contribution in [3.8, 4) is 16.9 Å². The quantitative estimate of drug-likeness (QED) is 0.652. The molecule has 3 aromatic rings. The standard InChI is InChI=1S/C26H29N3O2/c1-19-9-7-12-24(28-19)26(25(30)27-2)15-8-16-29(26)18-22-17-21(13-14-23(22)31-3)20-10-5-4-6-11-20/h4-7,9-14,17H,8,15-16,18H2,1-3H3,(H,27,30)/t26-/m1/s1. The highest BCUT2D eigenvalue weighted by Gasteiger charge is 2.49. The Kier molecular flexibility index (Phi) is 6.05. The van der Waals surface area contributed by atoms with Gasteiger partial charge in [-0.3, -0.25) is 14.7 Å². The Morgan fingerprint density at radius 3 is 2.61 bits per heavy atom. The summed E-state index contributed by atoms with van der Waals surface area (Å²) in [4.78, 5) is 20.3. The van der Waals surface area contributed by atoms with Crippen LogP contribution in [0.15, 0.2) is 66.7 Å². The molecule has 1 aliphatic rings. The molecule has 0 spiro atoms. The van der Waals surface area contributed by atoms with Gasteiger partial charge in [-0.1, -0.05) is 42.5 Å². The van der Waals surface area contributed by atoms with Gasteiger partial charge in [0.2, 0.25) is 5.91 Å². The number of aryl methyl sites for hydroxylation is 1. The summed E-state index contributed by atoms with van der Waals surface area (Å²) in [6.45, 7) is 3.39.